The van der Waals surface area contributed by atoms with E-state index in [9.17, 15) is 14.7 Å². The lowest BCUT2D eigenvalue weighted by Gasteiger charge is -2.05. The van der Waals surface area contributed by atoms with E-state index < -0.39 is 24.6 Å². The van der Waals surface area contributed by atoms with E-state index in [4.69, 9.17) is 10.5 Å². The third-order valence-corrected chi connectivity index (χ3v) is 2.46. The predicted octanol–water partition coefficient (Wildman–Crippen LogP) is 0.327. The van der Waals surface area contributed by atoms with Gasteiger partial charge in [-0.3, -0.25) is 4.79 Å². The number of nitrogens with one attached hydrogen (secondary N) is 1. The Bertz CT molecular complexity index is 449. The van der Waals surface area contributed by atoms with Crippen molar-refractivity contribution in [2.24, 2.45) is 5.73 Å². The Morgan fingerprint density at radius 3 is 2.47 bits per heavy atom. The van der Waals surface area contributed by atoms with Gasteiger partial charge in [-0.1, -0.05) is 0 Å². The second kappa shape index (κ2) is 5.01. The van der Waals surface area contributed by atoms with E-state index in [1.807, 2.05) is 0 Å². The van der Waals surface area contributed by atoms with E-state index in [2.05, 4.69) is 4.98 Å². The number of rotatable bonds is 4. The van der Waals surface area contributed by atoms with Crippen LogP contribution in [0.4, 0.5) is 0 Å². The van der Waals surface area contributed by atoms with Crippen molar-refractivity contribution in [1.82, 2.24) is 4.98 Å². The van der Waals surface area contributed by atoms with Crippen molar-refractivity contribution in [1.29, 1.82) is 0 Å². The van der Waals surface area contributed by atoms with Crippen LogP contribution in [0.1, 0.15) is 40.3 Å². The maximum Gasteiger partial charge on any atom is 0.355 e. The number of H-pyrrole nitrogens is 1. The molecule has 1 aromatic rings. The minimum atomic E-state index is -0.713. The molecule has 94 valence electrons. The molecule has 0 aliphatic carbocycles. The van der Waals surface area contributed by atoms with Crippen LogP contribution in [-0.2, 0) is 9.53 Å². The summed E-state index contributed by atoms with van der Waals surface area (Å²) in [6.07, 6.45) is -0.677. The summed E-state index contributed by atoms with van der Waals surface area (Å²) < 4.78 is 4.69. The van der Waals surface area contributed by atoms with Crippen molar-refractivity contribution < 1.29 is 19.4 Å². The van der Waals surface area contributed by atoms with Crippen LogP contribution in [0.25, 0.3) is 0 Å². The number of nitrogens with two attached hydrogens (primary N) is 1. The number of aliphatic hydroxyl groups is 1. The second-order valence-electron chi connectivity index (χ2n) is 3.88. The number of aliphatic hydroxyl groups excluding tert-OH is 1. The summed E-state index contributed by atoms with van der Waals surface area (Å²) in [6, 6.07) is 0. The van der Waals surface area contributed by atoms with Crippen molar-refractivity contribution in [3.63, 3.8) is 0 Å². The molecule has 0 aromatic carbocycles. The number of carbonyl (C=O) groups excluding carboxylic acids is 2. The summed E-state index contributed by atoms with van der Waals surface area (Å²) in [4.78, 5) is 24.9. The molecule has 0 fully saturated rings. The molecule has 0 saturated carbocycles. The van der Waals surface area contributed by atoms with Crippen molar-refractivity contribution >= 4 is 11.9 Å². The van der Waals surface area contributed by atoms with Crippen molar-refractivity contribution in [3.8, 4) is 0 Å². The highest BCUT2D eigenvalue weighted by molar-refractivity contribution is 5.91. The first kappa shape index (κ1) is 13.2. The maximum absolute atomic E-state index is 11.6. The number of primary amides is 1. The van der Waals surface area contributed by atoms with Crippen LogP contribution in [0, 0.1) is 13.8 Å². The summed E-state index contributed by atoms with van der Waals surface area (Å²) in [5.74, 6) is -1.37. The summed E-state index contributed by atoms with van der Waals surface area (Å²) in [5.41, 5.74) is 7.09. The van der Waals surface area contributed by atoms with Crippen LogP contribution in [0.2, 0.25) is 0 Å². The normalized spacial score (nSPS) is 12.2. The van der Waals surface area contributed by atoms with Gasteiger partial charge < -0.3 is 20.6 Å². The van der Waals surface area contributed by atoms with Crippen LogP contribution < -0.4 is 5.73 Å². The third-order valence-electron chi connectivity index (χ3n) is 2.46. The molecule has 1 aromatic heterocycles. The van der Waals surface area contributed by atoms with Crippen LogP contribution in [0.15, 0.2) is 0 Å². The predicted molar refractivity (Wildman–Crippen MR) is 60.4 cm³/mol. The maximum atomic E-state index is 11.6. The molecule has 6 nitrogen and oxygen atoms in total. The first-order valence-corrected chi connectivity index (χ1v) is 5.17. The summed E-state index contributed by atoms with van der Waals surface area (Å²) in [7, 11) is 0. The molecule has 1 rings (SSSR count). The molecular weight excluding hydrogens is 224 g/mol. The molecule has 1 atom stereocenters. The zero-order chi connectivity index (χ0) is 13.2. The number of esters is 1. The fourth-order valence-corrected chi connectivity index (χ4v) is 1.80. The van der Waals surface area contributed by atoms with Gasteiger partial charge in [0.05, 0.1) is 6.10 Å². The van der Waals surface area contributed by atoms with Crippen LogP contribution in [-0.4, -0.2) is 28.6 Å². The van der Waals surface area contributed by atoms with Gasteiger partial charge in [0.1, 0.15) is 5.69 Å². The molecule has 6 heteroatoms. The molecule has 0 aliphatic rings. The van der Waals surface area contributed by atoms with Crippen LogP contribution >= 0.6 is 0 Å². The molecule has 17 heavy (non-hydrogen) atoms. The van der Waals surface area contributed by atoms with Crippen LogP contribution in [0.3, 0.4) is 0 Å². The van der Waals surface area contributed by atoms with Gasteiger partial charge in [0.25, 0.3) is 5.91 Å². The highest BCUT2D eigenvalue weighted by Gasteiger charge is 2.21. The van der Waals surface area contributed by atoms with E-state index in [-0.39, 0.29) is 5.69 Å². The van der Waals surface area contributed by atoms with Crippen molar-refractivity contribution in [3.05, 3.63) is 22.5 Å². The standard InChI is InChI=1S/C11H16N2O4/c1-5-9(7(3)14)6(2)13-10(5)11(16)17-4-8(12)15/h7,13-14H,4H2,1-3H3,(H2,12,15)/t7-/m0/s1. The molecule has 4 N–H and O–H groups in total. The van der Waals surface area contributed by atoms with E-state index in [1.54, 1.807) is 20.8 Å². The Kier molecular flexibility index (Phi) is 3.90. The fraction of sp³-hybridized carbons (Fsp3) is 0.455. The lowest BCUT2D eigenvalue weighted by Crippen LogP contribution is -2.21. The number of amides is 1. The molecule has 0 aliphatic heterocycles. The van der Waals surface area contributed by atoms with Gasteiger partial charge in [0.15, 0.2) is 6.61 Å². The van der Waals surface area contributed by atoms with Crippen molar-refractivity contribution in [2.45, 2.75) is 26.9 Å². The van der Waals surface area contributed by atoms with Crippen LogP contribution in [0.5, 0.6) is 0 Å². The Balaban J connectivity index is 2.96. The van der Waals surface area contributed by atoms with Gasteiger partial charge in [-0.2, -0.15) is 0 Å². The smallest absolute Gasteiger partial charge is 0.355 e. The molecule has 1 heterocycles. The molecule has 0 bridgehead atoms. The monoisotopic (exact) mass is 240 g/mol. The Hall–Kier alpha value is -1.82. The van der Waals surface area contributed by atoms with Crippen molar-refractivity contribution in [2.75, 3.05) is 6.61 Å². The summed E-state index contributed by atoms with van der Waals surface area (Å²) in [5, 5.41) is 9.55. The number of aromatic amines is 1. The fourth-order valence-electron chi connectivity index (χ4n) is 1.80. The zero-order valence-electron chi connectivity index (χ0n) is 10.0. The molecular formula is C11H16N2O4. The molecule has 0 saturated heterocycles. The zero-order valence-corrected chi connectivity index (χ0v) is 10.0. The van der Waals surface area contributed by atoms with E-state index in [1.165, 1.54) is 0 Å². The quantitative estimate of drug-likeness (QED) is 0.659. The molecule has 0 radical (unpaired) electrons. The molecule has 1 amide bonds. The average molecular weight is 240 g/mol. The topological polar surface area (TPSA) is 105 Å². The molecule has 0 unspecified atom stereocenters. The number of carbonyl (C=O) groups is 2. The second-order valence-corrected chi connectivity index (χ2v) is 3.88. The van der Waals surface area contributed by atoms with Gasteiger partial charge in [-0.25, -0.2) is 4.79 Å². The Morgan fingerprint density at radius 2 is 2.06 bits per heavy atom. The minimum absolute atomic E-state index is 0.236. The largest absolute Gasteiger partial charge is 0.451 e. The SMILES string of the molecule is Cc1[nH]c(C(=O)OCC(N)=O)c(C)c1[C@H](C)O. The summed E-state index contributed by atoms with van der Waals surface area (Å²) >= 11 is 0. The highest BCUT2D eigenvalue weighted by Crippen LogP contribution is 2.24. The van der Waals surface area contributed by atoms with E-state index >= 15 is 0 Å². The number of ether oxygens (including phenoxy) is 1. The number of hydrogen-bond acceptors (Lipinski definition) is 4. The van der Waals surface area contributed by atoms with Gasteiger partial charge in [0, 0.05) is 11.3 Å². The Labute approximate surface area is 98.8 Å². The minimum Gasteiger partial charge on any atom is -0.451 e. The third kappa shape index (κ3) is 2.85. The number of aromatic nitrogens is 1. The first-order chi connectivity index (χ1) is 7.84. The van der Waals surface area contributed by atoms with Gasteiger partial charge in [-0.15, -0.1) is 0 Å². The lowest BCUT2D eigenvalue weighted by atomic mass is 10.1. The van der Waals surface area contributed by atoms with Gasteiger partial charge in [0.2, 0.25) is 0 Å². The first-order valence-electron chi connectivity index (χ1n) is 5.17. The summed E-state index contributed by atoms with van der Waals surface area (Å²) in [6.45, 7) is 4.61. The van der Waals surface area contributed by atoms with E-state index in [0.29, 0.717) is 16.8 Å². The van der Waals surface area contributed by atoms with Gasteiger partial charge >= 0.3 is 5.97 Å². The highest BCUT2D eigenvalue weighted by atomic mass is 16.5. The number of aryl methyl sites for hydroxylation is 1. The lowest BCUT2D eigenvalue weighted by molar-refractivity contribution is -0.121. The average Bonchev–Trinajstić information content (AvgIpc) is 2.50. The Morgan fingerprint density at radius 1 is 1.47 bits per heavy atom. The number of hydrogen-bond donors (Lipinski definition) is 3. The molecule has 0 spiro atoms. The van der Waals surface area contributed by atoms with E-state index in [0.717, 1.165) is 0 Å². The van der Waals surface area contributed by atoms with Gasteiger partial charge in [-0.05, 0) is 26.3 Å².